The topological polar surface area (TPSA) is 34.1 Å². The van der Waals surface area contributed by atoms with Crippen molar-refractivity contribution >= 4 is 11.6 Å². The van der Waals surface area contributed by atoms with E-state index >= 15 is 0 Å². The van der Waals surface area contributed by atoms with Crippen LogP contribution in [0.15, 0.2) is 54.6 Å². The zero-order valence-corrected chi connectivity index (χ0v) is 14.9. The summed E-state index contributed by atoms with van der Waals surface area (Å²) in [5, 5.41) is 0. The Bertz CT molecular complexity index is 569. The fourth-order valence-electron chi connectivity index (χ4n) is 1.67. The molecular formula is C21H28O2. The molecule has 0 spiro atoms. The molecule has 0 aliphatic rings. The van der Waals surface area contributed by atoms with E-state index in [0.29, 0.717) is 0 Å². The van der Waals surface area contributed by atoms with Crippen LogP contribution in [0.3, 0.4) is 0 Å². The minimum atomic E-state index is 0.125. The second-order valence-corrected chi connectivity index (χ2v) is 5.53. The highest BCUT2D eigenvalue weighted by molar-refractivity contribution is 5.93. The van der Waals surface area contributed by atoms with E-state index in [0.717, 1.165) is 18.4 Å². The number of carbonyl (C=O) groups excluding carboxylic acids is 2. The number of ketones is 2. The zero-order valence-electron chi connectivity index (χ0n) is 14.9. The molecule has 2 nitrogen and oxygen atoms in total. The summed E-state index contributed by atoms with van der Waals surface area (Å²) in [7, 11) is 0. The molecule has 0 aromatic heterocycles. The molecule has 0 radical (unpaired) electrons. The molecule has 2 rings (SSSR count). The SMILES string of the molecule is CC(=O)c1ccc(C)cc1.CCCC(C)=O.Cc1ccccc1. The van der Waals surface area contributed by atoms with Gasteiger partial charge in [-0.05, 0) is 34.1 Å². The second kappa shape index (κ2) is 12.3. The lowest BCUT2D eigenvalue weighted by Gasteiger charge is -1.93. The summed E-state index contributed by atoms with van der Waals surface area (Å²) in [6.45, 7) is 9.28. The summed E-state index contributed by atoms with van der Waals surface area (Å²) >= 11 is 0. The third-order valence-electron chi connectivity index (χ3n) is 3.00. The molecule has 2 aromatic rings. The predicted molar refractivity (Wildman–Crippen MR) is 98.0 cm³/mol. The third-order valence-corrected chi connectivity index (χ3v) is 3.00. The van der Waals surface area contributed by atoms with Gasteiger partial charge in [0.1, 0.15) is 5.78 Å². The summed E-state index contributed by atoms with van der Waals surface area (Å²) in [5.74, 6) is 0.414. The van der Waals surface area contributed by atoms with Gasteiger partial charge in [0.25, 0.3) is 0 Å². The van der Waals surface area contributed by atoms with Gasteiger partial charge in [0.05, 0.1) is 0 Å². The van der Waals surface area contributed by atoms with E-state index in [2.05, 4.69) is 19.1 Å². The van der Waals surface area contributed by atoms with E-state index in [1.807, 2.05) is 56.3 Å². The van der Waals surface area contributed by atoms with Gasteiger partial charge in [-0.25, -0.2) is 0 Å². The molecule has 0 unspecified atom stereocenters. The van der Waals surface area contributed by atoms with Crippen molar-refractivity contribution in [3.05, 3.63) is 71.3 Å². The first-order valence-electron chi connectivity index (χ1n) is 7.95. The van der Waals surface area contributed by atoms with E-state index in [4.69, 9.17) is 0 Å². The molecule has 0 heterocycles. The standard InChI is InChI=1S/C9H10O.C7H8.C5H10O/c1-7-3-5-9(6-4-7)8(2)10;1-7-5-3-2-4-6-7;1-3-4-5(2)6/h3-6H,1-2H3;2-6H,1H3;3-4H2,1-2H3. The number of carbonyl (C=O) groups is 2. The maximum atomic E-state index is 10.8. The van der Waals surface area contributed by atoms with Crippen molar-refractivity contribution in [1.29, 1.82) is 0 Å². The number of hydrogen-bond acceptors (Lipinski definition) is 2. The van der Waals surface area contributed by atoms with Gasteiger partial charge < -0.3 is 4.79 Å². The Morgan fingerprint density at radius 2 is 1.26 bits per heavy atom. The molecule has 2 aromatic carbocycles. The lowest BCUT2D eigenvalue weighted by atomic mass is 10.1. The molecule has 0 N–H and O–H groups in total. The lowest BCUT2D eigenvalue weighted by molar-refractivity contribution is -0.117. The van der Waals surface area contributed by atoms with E-state index in [1.54, 1.807) is 13.8 Å². The minimum absolute atomic E-state index is 0.125. The van der Waals surface area contributed by atoms with Crippen molar-refractivity contribution in [3.63, 3.8) is 0 Å². The summed E-state index contributed by atoms with van der Waals surface area (Å²) in [4.78, 5) is 20.8. The summed E-state index contributed by atoms with van der Waals surface area (Å²) < 4.78 is 0. The predicted octanol–water partition coefficient (Wildman–Crippen LogP) is 5.57. The number of benzene rings is 2. The molecular weight excluding hydrogens is 284 g/mol. The van der Waals surface area contributed by atoms with Gasteiger partial charge in [-0.3, -0.25) is 4.79 Å². The first kappa shape index (κ1) is 20.8. The van der Waals surface area contributed by atoms with Gasteiger partial charge >= 0.3 is 0 Å². The van der Waals surface area contributed by atoms with Crippen LogP contribution in [0.1, 0.15) is 55.1 Å². The maximum Gasteiger partial charge on any atom is 0.159 e. The van der Waals surface area contributed by atoms with Crippen LogP contribution in [0.4, 0.5) is 0 Å². The minimum Gasteiger partial charge on any atom is -0.300 e. The first-order valence-corrected chi connectivity index (χ1v) is 7.95. The molecule has 0 saturated carbocycles. The molecule has 0 aliphatic carbocycles. The quantitative estimate of drug-likeness (QED) is 0.694. The van der Waals surface area contributed by atoms with Crippen LogP contribution < -0.4 is 0 Å². The molecule has 0 bridgehead atoms. The summed E-state index contributed by atoms with van der Waals surface area (Å²) in [6.07, 6.45) is 1.72. The van der Waals surface area contributed by atoms with E-state index in [9.17, 15) is 9.59 Å². The van der Waals surface area contributed by atoms with E-state index in [-0.39, 0.29) is 11.6 Å². The van der Waals surface area contributed by atoms with Crippen molar-refractivity contribution in [1.82, 2.24) is 0 Å². The van der Waals surface area contributed by atoms with E-state index in [1.165, 1.54) is 11.1 Å². The molecule has 23 heavy (non-hydrogen) atoms. The number of hydrogen-bond donors (Lipinski definition) is 0. The van der Waals surface area contributed by atoms with Crippen molar-refractivity contribution in [2.75, 3.05) is 0 Å². The average molecular weight is 312 g/mol. The van der Waals surface area contributed by atoms with Gasteiger partial charge in [-0.1, -0.05) is 72.6 Å². The first-order chi connectivity index (χ1) is 10.9. The molecule has 0 aliphatic heterocycles. The van der Waals surface area contributed by atoms with Crippen LogP contribution in [0.5, 0.6) is 0 Å². The Kier molecular flexibility index (Phi) is 11.1. The van der Waals surface area contributed by atoms with Crippen molar-refractivity contribution in [2.24, 2.45) is 0 Å². The maximum absolute atomic E-state index is 10.8. The van der Waals surface area contributed by atoms with Gasteiger partial charge in [-0.15, -0.1) is 0 Å². The normalized spacial score (nSPS) is 8.91. The molecule has 2 heteroatoms. The Morgan fingerprint density at radius 3 is 1.52 bits per heavy atom. The Morgan fingerprint density at radius 1 is 0.783 bits per heavy atom. The Hall–Kier alpha value is -2.22. The summed E-state index contributed by atoms with van der Waals surface area (Å²) in [6, 6.07) is 17.8. The van der Waals surface area contributed by atoms with Crippen LogP contribution in [-0.2, 0) is 4.79 Å². The van der Waals surface area contributed by atoms with Gasteiger partial charge in [-0.2, -0.15) is 0 Å². The van der Waals surface area contributed by atoms with Gasteiger partial charge in [0.2, 0.25) is 0 Å². The van der Waals surface area contributed by atoms with Crippen molar-refractivity contribution in [3.8, 4) is 0 Å². The third kappa shape index (κ3) is 12.0. The molecule has 0 fully saturated rings. The van der Waals surface area contributed by atoms with Crippen molar-refractivity contribution < 1.29 is 9.59 Å². The monoisotopic (exact) mass is 312 g/mol. The number of aryl methyl sites for hydroxylation is 2. The number of rotatable bonds is 3. The van der Waals surface area contributed by atoms with Gasteiger partial charge in [0.15, 0.2) is 5.78 Å². The van der Waals surface area contributed by atoms with E-state index < -0.39 is 0 Å². The fraction of sp³-hybridized carbons (Fsp3) is 0.333. The molecule has 0 atom stereocenters. The smallest absolute Gasteiger partial charge is 0.159 e. The van der Waals surface area contributed by atoms with Crippen LogP contribution in [0.2, 0.25) is 0 Å². The summed E-state index contributed by atoms with van der Waals surface area (Å²) in [5.41, 5.74) is 3.29. The molecule has 0 saturated heterocycles. The largest absolute Gasteiger partial charge is 0.300 e. The Balaban J connectivity index is 0.000000330. The zero-order chi connectivity index (χ0) is 17.7. The van der Waals surface area contributed by atoms with Crippen molar-refractivity contribution in [2.45, 2.75) is 47.5 Å². The van der Waals surface area contributed by atoms with Gasteiger partial charge in [0, 0.05) is 12.0 Å². The Labute approximate surface area is 140 Å². The highest BCUT2D eigenvalue weighted by Crippen LogP contribution is 2.02. The van der Waals surface area contributed by atoms with Crippen LogP contribution in [-0.4, -0.2) is 11.6 Å². The van der Waals surface area contributed by atoms with Crippen LogP contribution >= 0.6 is 0 Å². The average Bonchev–Trinajstić information content (AvgIpc) is 2.49. The second-order valence-electron chi connectivity index (χ2n) is 5.53. The molecule has 0 amide bonds. The number of Topliss-reactive ketones (excluding diaryl/α,β-unsaturated/α-hetero) is 2. The fourth-order valence-corrected chi connectivity index (χ4v) is 1.67. The van der Waals surface area contributed by atoms with Crippen LogP contribution in [0, 0.1) is 13.8 Å². The molecule has 124 valence electrons. The highest BCUT2D eigenvalue weighted by atomic mass is 16.1. The van der Waals surface area contributed by atoms with Crippen LogP contribution in [0.25, 0.3) is 0 Å². The lowest BCUT2D eigenvalue weighted by Crippen LogP contribution is -1.90. The highest BCUT2D eigenvalue weighted by Gasteiger charge is 1.95.